The molecule has 1 fully saturated rings. The fraction of sp³-hybridized carbons (Fsp3) is 0.400. The van der Waals surface area contributed by atoms with Crippen LogP contribution < -0.4 is 4.90 Å². The van der Waals surface area contributed by atoms with E-state index in [2.05, 4.69) is 9.97 Å². The summed E-state index contributed by atoms with van der Waals surface area (Å²) < 4.78 is 0. The highest BCUT2D eigenvalue weighted by Gasteiger charge is 2.32. The van der Waals surface area contributed by atoms with Crippen LogP contribution in [0.1, 0.15) is 38.7 Å². The Labute approximate surface area is 159 Å². The summed E-state index contributed by atoms with van der Waals surface area (Å²) in [7, 11) is 7.16. The predicted molar refractivity (Wildman–Crippen MR) is 104 cm³/mol. The van der Waals surface area contributed by atoms with Crippen LogP contribution in [0.4, 0.5) is 5.95 Å². The summed E-state index contributed by atoms with van der Waals surface area (Å²) in [5.74, 6) is 0.468. The molecule has 1 aromatic heterocycles. The van der Waals surface area contributed by atoms with Crippen molar-refractivity contribution >= 4 is 17.8 Å². The van der Waals surface area contributed by atoms with Crippen molar-refractivity contribution in [1.82, 2.24) is 19.8 Å². The largest absolute Gasteiger partial charge is 0.347 e. The summed E-state index contributed by atoms with van der Waals surface area (Å²) in [6.07, 6.45) is 2.37. The Morgan fingerprint density at radius 1 is 1.11 bits per heavy atom. The average Bonchev–Trinajstić information content (AvgIpc) is 3.17. The van der Waals surface area contributed by atoms with Gasteiger partial charge in [-0.05, 0) is 18.6 Å². The molecule has 0 aliphatic carbocycles. The predicted octanol–water partition coefficient (Wildman–Crippen LogP) is 1.87. The molecular formula is C20H25N5O2. The summed E-state index contributed by atoms with van der Waals surface area (Å²) in [6, 6.07) is 9.27. The van der Waals surface area contributed by atoms with Crippen molar-refractivity contribution in [3.63, 3.8) is 0 Å². The molecular weight excluding hydrogens is 342 g/mol. The van der Waals surface area contributed by atoms with Crippen LogP contribution in [0.3, 0.4) is 0 Å². The zero-order valence-corrected chi connectivity index (χ0v) is 16.2. The topological polar surface area (TPSA) is 69.6 Å². The quantitative estimate of drug-likeness (QED) is 0.825. The number of nitrogens with zero attached hydrogens (tertiary/aromatic N) is 5. The van der Waals surface area contributed by atoms with Gasteiger partial charge >= 0.3 is 0 Å². The highest BCUT2D eigenvalue weighted by molar-refractivity contribution is 5.96. The lowest BCUT2D eigenvalue weighted by molar-refractivity contribution is 0.0790. The number of hydrogen-bond acceptors (Lipinski definition) is 5. The number of benzene rings is 1. The molecule has 1 aliphatic heterocycles. The minimum absolute atomic E-state index is 0.0123. The molecule has 27 heavy (non-hydrogen) atoms. The second-order valence-corrected chi connectivity index (χ2v) is 7.17. The SMILES string of the molecule is CN(C)C(=O)c1cnc(N(C)C)nc1C1CCN(C(=O)c2ccccc2)C1. The number of anilines is 1. The van der Waals surface area contributed by atoms with Crippen LogP contribution >= 0.6 is 0 Å². The van der Waals surface area contributed by atoms with Gasteiger partial charge in [0.15, 0.2) is 0 Å². The van der Waals surface area contributed by atoms with E-state index in [9.17, 15) is 9.59 Å². The number of amides is 2. The Balaban J connectivity index is 1.88. The van der Waals surface area contributed by atoms with E-state index in [1.165, 1.54) is 4.90 Å². The van der Waals surface area contributed by atoms with E-state index < -0.39 is 0 Å². The monoisotopic (exact) mass is 367 g/mol. The Bertz CT molecular complexity index is 836. The molecule has 2 aromatic rings. The van der Waals surface area contributed by atoms with Crippen LogP contribution in [0.2, 0.25) is 0 Å². The number of likely N-dealkylation sites (tertiary alicyclic amines) is 1. The van der Waals surface area contributed by atoms with Crippen molar-refractivity contribution in [2.24, 2.45) is 0 Å². The minimum atomic E-state index is -0.122. The molecule has 1 saturated heterocycles. The lowest BCUT2D eigenvalue weighted by atomic mass is 9.99. The van der Waals surface area contributed by atoms with Gasteiger partial charge in [-0.25, -0.2) is 9.97 Å². The van der Waals surface area contributed by atoms with E-state index in [0.29, 0.717) is 30.2 Å². The van der Waals surface area contributed by atoms with Gasteiger partial charge in [-0.15, -0.1) is 0 Å². The van der Waals surface area contributed by atoms with Crippen LogP contribution in [0, 0.1) is 0 Å². The standard InChI is InChI=1S/C20H25N5O2/c1-23(2)19(27)16-12-21-20(24(3)4)22-17(16)15-10-11-25(13-15)18(26)14-8-6-5-7-9-14/h5-9,12,15H,10-11,13H2,1-4H3. The molecule has 0 N–H and O–H groups in total. The average molecular weight is 367 g/mol. The maximum atomic E-state index is 12.7. The van der Waals surface area contributed by atoms with E-state index in [0.717, 1.165) is 12.1 Å². The molecule has 2 amide bonds. The van der Waals surface area contributed by atoms with Crippen molar-refractivity contribution in [3.05, 3.63) is 53.3 Å². The van der Waals surface area contributed by atoms with Crippen LogP contribution in [-0.4, -0.2) is 72.9 Å². The number of carbonyl (C=O) groups is 2. The Morgan fingerprint density at radius 3 is 2.44 bits per heavy atom. The summed E-state index contributed by atoms with van der Waals surface area (Å²) >= 11 is 0. The zero-order valence-electron chi connectivity index (χ0n) is 16.2. The van der Waals surface area contributed by atoms with Crippen LogP contribution in [0.25, 0.3) is 0 Å². The lowest BCUT2D eigenvalue weighted by Crippen LogP contribution is -2.29. The molecule has 1 unspecified atom stereocenters. The summed E-state index contributed by atoms with van der Waals surface area (Å²) in [6.45, 7) is 1.20. The lowest BCUT2D eigenvalue weighted by Gasteiger charge is -2.20. The van der Waals surface area contributed by atoms with E-state index in [-0.39, 0.29) is 17.7 Å². The van der Waals surface area contributed by atoms with Crippen LogP contribution in [0.15, 0.2) is 36.5 Å². The van der Waals surface area contributed by atoms with Gasteiger partial charge in [-0.3, -0.25) is 9.59 Å². The molecule has 142 valence electrons. The molecule has 1 atom stereocenters. The molecule has 7 nitrogen and oxygen atoms in total. The van der Waals surface area contributed by atoms with Crippen molar-refractivity contribution in [3.8, 4) is 0 Å². The third kappa shape index (κ3) is 3.92. The third-order valence-electron chi connectivity index (χ3n) is 4.73. The van der Waals surface area contributed by atoms with Gasteiger partial charge in [0, 0.05) is 59.0 Å². The van der Waals surface area contributed by atoms with Crippen molar-refractivity contribution < 1.29 is 9.59 Å². The smallest absolute Gasteiger partial charge is 0.256 e. The van der Waals surface area contributed by atoms with Crippen LogP contribution in [-0.2, 0) is 0 Å². The number of carbonyl (C=O) groups excluding carboxylic acids is 2. The van der Waals surface area contributed by atoms with E-state index in [1.54, 1.807) is 20.3 Å². The van der Waals surface area contributed by atoms with Crippen molar-refractivity contribution in [2.45, 2.75) is 12.3 Å². The molecule has 0 bridgehead atoms. The zero-order chi connectivity index (χ0) is 19.6. The first-order valence-electron chi connectivity index (χ1n) is 8.98. The maximum Gasteiger partial charge on any atom is 0.256 e. The Hall–Kier alpha value is -2.96. The van der Waals surface area contributed by atoms with Gasteiger partial charge in [-0.2, -0.15) is 0 Å². The van der Waals surface area contributed by atoms with Crippen molar-refractivity contribution in [2.75, 3.05) is 46.2 Å². The highest BCUT2D eigenvalue weighted by atomic mass is 16.2. The molecule has 3 rings (SSSR count). The van der Waals surface area contributed by atoms with Gasteiger partial charge in [0.05, 0.1) is 11.3 Å². The summed E-state index contributed by atoms with van der Waals surface area (Å²) in [4.78, 5) is 39.5. The highest BCUT2D eigenvalue weighted by Crippen LogP contribution is 2.30. The van der Waals surface area contributed by atoms with Gasteiger partial charge in [0.25, 0.3) is 11.8 Å². The molecule has 0 saturated carbocycles. The van der Waals surface area contributed by atoms with Gasteiger partial charge < -0.3 is 14.7 Å². The minimum Gasteiger partial charge on any atom is -0.347 e. The number of aromatic nitrogens is 2. The summed E-state index contributed by atoms with van der Waals surface area (Å²) in [5, 5.41) is 0. The second kappa shape index (κ2) is 7.73. The molecule has 0 radical (unpaired) electrons. The third-order valence-corrected chi connectivity index (χ3v) is 4.73. The maximum absolute atomic E-state index is 12.7. The number of hydrogen-bond donors (Lipinski definition) is 0. The molecule has 0 spiro atoms. The van der Waals surface area contributed by atoms with Gasteiger partial charge in [0.1, 0.15) is 0 Å². The van der Waals surface area contributed by atoms with Crippen LogP contribution in [0.5, 0.6) is 0 Å². The Morgan fingerprint density at radius 2 is 1.81 bits per heavy atom. The van der Waals surface area contributed by atoms with Crippen molar-refractivity contribution in [1.29, 1.82) is 0 Å². The fourth-order valence-electron chi connectivity index (χ4n) is 3.25. The fourth-order valence-corrected chi connectivity index (χ4v) is 3.25. The first-order chi connectivity index (χ1) is 12.9. The Kier molecular flexibility index (Phi) is 5.39. The van der Waals surface area contributed by atoms with E-state index in [1.807, 2.05) is 54.2 Å². The second-order valence-electron chi connectivity index (χ2n) is 7.17. The first kappa shape index (κ1) is 18.8. The van der Waals surface area contributed by atoms with Gasteiger partial charge in [-0.1, -0.05) is 18.2 Å². The molecule has 1 aromatic carbocycles. The van der Waals surface area contributed by atoms with E-state index in [4.69, 9.17) is 0 Å². The van der Waals surface area contributed by atoms with Gasteiger partial charge in [0.2, 0.25) is 5.95 Å². The molecule has 1 aliphatic rings. The van der Waals surface area contributed by atoms with E-state index >= 15 is 0 Å². The normalized spacial score (nSPS) is 16.3. The number of rotatable bonds is 4. The molecule has 2 heterocycles. The first-order valence-corrected chi connectivity index (χ1v) is 8.98. The molecule has 7 heteroatoms. The summed E-state index contributed by atoms with van der Waals surface area (Å²) in [5.41, 5.74) is 1.90.